The van der Waals surface area contributed by atoms with E-state index in [0.29, 0.717) is 0 Å². The lowest BCUT2D eigenvalue weighted by Crippen LogP contribution is -2.31. The van der Waals surface area contributed by atoms with Gasteiger partial charge in [0.15, 0.2) is 5.78 Å². The molecule has 0 aromatic heterocycles. The van der Waals surface area contributed by atoms with E-state index in [-0.39, 0.29) is 30.1 Å². The van der Waals surface area contributed by atoms with Crippen LogP contribution in [0.1, 0.15) is 20.3 Å². The molecule has 1 fully saturated rings. The molecule has 0 spiro atoms. The van der Waals surface area contributed by atoms with Crippen LogP contribution in [-0.2, 0) is 9.59 Å². The molecule has 1 aliphatic heterocycles. The Hall–Kier alpha value is -0.430. The topological polar surface area (TPSA) is 37.4 Å². The van der Waals surface area contributed by atoms with Crippen LogP contribution < -0.4 is 0 Å². The molecule has 62 valence electrons. The number of amides is 1. The normalized spacial score (nSPS) is 25.5. The van der Waals surface area contributed by atoms with E-state index in [1.807, 2.05) is 13.8 Å². The fourth-order valence-corrected chi connectivity index (χ4v) is 1.95. The number of rotatable bonds is 1. The van der Waals surface area contributed by atoms with E-state index < -0.39 is 0 Å². The van der Waals surface area contributed by atoms with Gasteiger partial charge >= 0.3 is 0 Å². The maximum absolute atomic E-state index is 11.2. The first-order valence-electron chi connectivity index (χ1n) is 3.63. The van der Waals surface area contributed by atoms with Crippen LogP contribution in [0.3, 0.4) is 0 Å². The van der Waals surface area contributed by atoms with Gasteiger partial charge in [0.05, 0.1) is 12.5 Å². The second-order valence-electron chi connectivity index (χ2n) is 3.13. The molecule has 4 heteroatoms. The second-order valence-corrected chi connectivity index (χ2v) is 3.69. The highest BCUT2D eigenvalue weighted by molar-refractivity contribution is 7.15. The molecule has 0 N–H and O–H groups in total. The highest BCUT2D eigenvalue weighted by Gasteiger charge is 2.37. The number of Topliss-reactive ketones (excluding diaryl/α,β-unsaturated/α-hetero) is 1. The third-order valence-electron chi connectivity index (χ3n) is 1.87. The van der Waals surface area contributed by atoms with Gasteiger partial charge in [-0.3, -0.25) is 9.59 Å². The van der Waals surface area contributed by atoms with Gasteiger partial charge < -0.3 is 4.67 Å². The Morgan fingerprint density at radius 2 is 2.09 bits per heavy atom. The van der Waals surface area contributed by atoms with E-state index >= 15 is 0 Å². The van der Waals surface area contributed by atoms with E-state index in [2.05, 4.69) is 9.39 Å². The van der Waals surface area contributed by atoms with Crippen molar-refractivity contribution >= 4 is 21.1 Å². The van der Waals surface area contributed by atoms with E-state index in [9.17, 15) is 9.59 Å². The number of carbonyl (C=O) groups excluding carboxylic acids is 2. The Kier molecular flexibility index (Phi) is 2.28. The van der Waals surface area contributed by atoms with Crippen LogP contribution in [0.5, 0.6) is 0 Å². The van der Waals surface area contributed by atoms with Gasteiger partial charge in [0.1, 0.15) is 0 Å². The zero-order valence-electron chi connectivity index (χ0n) is 6.70. The van der Waals surface area contributed by atoms with Crippen LogP contribution in [0.2, 0.25) is 0 Å². The van der Waals surface area contributed by atoms with Crippen molar-refractivity contribution in [3.05, 3.63) is 0 Å². The molecule has 0 bridgehead atoms. The summed E-state index contributed by atoms with van der Waals surface area (Å²) in [7, 11) is 2.31. The van der Waals surface area contributed by atoms with Crippen LogP contribution in [0.25, 0.3) is 0 Å². The minimum Gasteiger partial charge on any atom is -0.316 e. The fourth-order valence-electron chi connectivity index (χ4n) is 1.35. The van der Waals surface area contributed by atoms with Crippen molar-refractivity contribution in [3.63, 3.8) is 0 Å². The number of carbonyl (C=O) groups is 2. The van der Waals surface area contributed by atoms with E-state index in [1.54, 1.807) is 0 Å². The summed E-state index contributed by atoms with van der Waals surface area (Å²) >= 11 is 0. The lowest BCUT2D eigenvalue weighted by atomic mass is 10.0. The standard InChI is InChI=1S/C7H12NO2P/c1-4(2)7-5(9)3-6(10)8(7)11/h4,7H,3,11H2,1-2H3. The van der Waals surface area contributed by atoms with Crippen molar-refractivity contribution in [2.75, 3.05) is 0 Å². The molecule has 1 heterocycles. The first-order valence-corrected chi connectivity index (χ1v) is 4.15. The van der Waals surface area contributed by atoms with E-state index in [1.165, 1.54) is 4.67 Å². The Labute approximate surface area is 68.4 Å². The Balaban J connectivity index is 2.79. The highest BCUT2D eigenvalue weighted by atomic mass is 31.0. The summed E-state index contributed by atoms with van der Waals surface area (Å²) in [4.78, 5) is 22.1. The van der Waals surface area contributed by atoms with Crippen molar-refractivity contribution < 1.29 is 9.59 Å². The lowest BCUT2D eigenvalue weighted by molar-refractivity contribution is -0.124. The molecule has 3 nitrogen and oxygen atoms in total. The summed E-state index contributed by atoms with van der Waals surface area (Å²) < 4.78 is 1.47. The van der Waals surface area contributed by atoms with Crippen molar-refractivity contribution in [2.24, 2.45) is 5.92 Å². The Bertz CT molecular complexity index is 203. The van der Waals surface area contributed by atoms with Gasteiger partial charge in [-0.25, -0.2) is 0 Å². The molecule has 2 unspecified atom stereocenters. The third kappa shape index (κ3) is 1.43. The van der Waals surface area contributed by atoms with Crippen LogP contribution in [-0.4, -0.2) is 22.4 Å². The van der Waals surface area contributed by atoms with E-state index in [4.69, 9.17) is 0 Å². The number of ketones is 1. The van der Waals surface area contributed by atoms with E-state index in [0.717, 1.165) is 0 Å². The molecule has 1 rings (SSSR count). The van der Waals surface area contributed by atoms with Gasteiger partial charge in [-0.2, -0.15) is 0 Å². The number of hydrogen-bond donors (Lipinski definition) is 0. The highest BCUT2D eigenvalue weighted by Crippen LogP contribution is 2.24. The summed E-state index contributed by atoms with van der Waals surface area (Å²) in [5.74, 6) is 0.171. The van der Waals surface area contributed by atoms with Crippen LogP contribution >= 0.6 is 9.39 Å². The summed E-state index contributed by atoms with van der Waals surface area (Å²) in [6.07, 6.45) is 0.0757. The SMILES string of the molecule is CC(C)C1C(=O)CC(=O)N1P. The van der Waals surface area contributed by atoms with Gasteiger partial charge in [0.25, 0.3) is 0 Å². The molecular weight excluding hydrogens is 161 g/mol. The largest absolute Gasteiger partial charge is 0.316 e. The molecule has 1 aliphatic rings. The smallest absolute Gasteiger partial charge is 0.233 e. The second kappa shape index (κ2) is 2.90. The maximum atomic E-state index is 11.2. The minimum atomic E-state index is -0.215. The fraction of sp³-hybridized carbons (Fsp3) is 0.714. The van der Waals surface area contributed by atoms with Crippen LogP contribution in [0.4, 0.5) is 0 Å². The van der Waals surface area contributed by atoms with Crippen molar-refractivity contribution in [1.82, 2.24) is 4.67 Å². The zero-order valence-corrected chi connectivity index (χ0v) is 7.86. The quantitative estimate of drug-likeness (QED) is 0.430. The first kappa shape index (κ1) is 8.66. The average Bonchev–Trinajstić information content (AvgIpc) is 2.07. The maximum Gasteiger partial charge on any atom is 0.233 e. The lowest BCUT2D eigenvalue weighted by Gasteiger charge is -2.20. The van der Waals surface area contributed by atoms with Gasteiger partial charge in [-0.1, -0.05) is 13.8 Å². The molecular formula is C7H12NO2P. The average molecular weight is 173 g/mol. The molecule has 11 heavy (non-hydrogen) atoms. The third-order valence-corrected chi connectivity index (χ3v) is 2.48. The van der Waals surface area contributed by atoms with Crippen LogP contribution in [0, 0.1) is 5.92 Å². The Morgan fingerprint density at radius 1 is 1.55 bits per heavy atom. The van der Waals surface area contributed by atoms with Crippen LogP contribution in [0.15, 0.2) is 0 Å². The number of hydrogen-bond acceptors (Lipinski definition) is 2. The predicted octanol–water partition coefficient (Wildman–Crippen LogP) is 0.602. The summed E-state index contributed by atoms with van der Waals surface area (Å²) in [6.45, 7) is 3.89. The van der Waals surface area contributed by atoms with Crippen molar-refractivity contribution in [1.29, 1.82) is 0 Å². The summed E-state index contributed by atoms with van der Waals surface area (Å²) in [6, 6.07) is -0.215. The monoisotopic (exact) mass is 173 g/mol. The summed E-state index contributed by atoms with van der Waals surface area (Å²) in [5.41, 5.74) is 0. The van der Waals surface area contributed by atoms with Gasteiger partial charge in [-0.05, 0) is 15.3 Å². The predicted molar refractivity (Wildman–Crippen MR) is 44.8 cm³/mol. The molecule has 0 aromatic rings. The minimum absolute atomic E-state index is 0.0417. The van der Waals surface area contributed by atoms with Crippen molar-refractivity contribution in [3.8, 4) is 0 Å². The Morgan fingerprint density at radius 3 is 2.27 bits per heavy atom. The molecule has 0 saturated carbocycles. The van der Waals surface area contributed by atoms with Gasteiger partial charge in [-0.15, -0.1) is 0 Å². The molecule has 1 amide bonds. The summed E-state index contributed by atoms with van der Waals surface area (Å²) in [5, 5.41) is 0. The molecule has 2 atom stereocenters. The number of nitrogens with zero attached hydrogens (tertiary/aromatic N) is 1. The van der Waals surface area contributed by atoms with Crippen molar-refractivity contribution in [2.45, 2.75) is 26.3 Å². The van der Waals surface area contributed by atoms with Gasteiger partial charge in [0, 0.05) is 0 Å². The molecule has 0 aromatic carbocycles. The molecule has 0 radical (unpaired) electrons. The molecule has 1 saturated heterocycles. The van der Waals surface area contributed by atoms with Gasteiger partial charge in [0.2, 0.25) is 5.91 Å². The molecule has 0 aliphatic carbocycles. The zero-order chi connectivity index (χ0) is 8.59. The first-order chi connectivity index (χ1) is 5.04.